The predicted molar refractivity (Wildman–Crippen MR) is 52.8 cm³/mol. The molecular formula is C8H18N2O2S. The zero-order valence-electron chi connectivity index (χ0n) is 8.23. The summed E-state index contributed by atoms with van der Waals surface area (Å²) >= 11 is 0. The maximum absolute atomic E-state index is 11.7. The molecule has 0 unspecified atom stereocenters. The van der Waals surface area contributed by atoms with Crippen molar-refractivity contribution in [3.8, 4) is 0 Å². The van der Waals surface area contributed by atoms with Crippen LogP contribution in [0, 0.1) is 0 Å². The van der Waals surface area contributed by atoms with Crippen LogP contribution in [-0.4, -0.2) is 37.1 Å². The van der Waals surface area contributed by atoms with Crippen molar-refractivity contribution >= 4 is 10.0 Å². The number of piperidine rings is 1. The van der Waals surface area contributed by atoms with Crippen molar-refractivity contribution in [2.45, 2.75) is 38.0 Å². The molecule has 0 aromatic rings. The van der Waals surface area contributed by atoms with Crippen LogP contribution in [0.1, 0.15) is 26.7 Å². The predicted octanol–water partition coefficient (Wildman–Crippen LogP) is 0.148. The molecule has 0 bridgehead atoms. The van der Waals surface area contributed by atoms with E-state index in [0.29, 0.717) is 13.1 Å². The molecule has 78 valence electrons. The zero-order chi connectivity index (χ0) is 10.1. The van der Waals surface area contributed by atoms with Crippen molar-refractivity contribution < 1.29 is 8.42 Å². The zero-order valence-corrected chi connectivity index (χ0v) is 9.05. The van der Waals surface area contributed by atoms with Gasteiger partial charge in [-0.05, 0) is 26.7 Å². The molecule has 1 rings (SSSR count). The van der Waals surface area contributed by atoms with Gasteiger partial charge in [0.25, 0.3) is 0 Å². The summed E-state index contributed by atoms with van der Waals surface area (Å²) in [5.74, 6) is 0. The average molecular weight is 206 g/mol. The largest absolute Gasteiger partial charge is 0.327 e. The van der Waals surface area contributed by atoms with Crippen LogP contribution >= 0.6 is 0 Å². The Hall–Kier alpha value is -0.130. The number of sulfonamides is 1. The van der Waals surface area contributed by atoms with Crippen LogP contribution in [-0.2, 0) is 10.0 Å². The van der Waals surface area contributed by atoms with Gasteiger partial charge in [0.1, 0.15) is 0 Å². The second kappa shape index (κ2) is 3.94. The molecule has 0 aromatic heterocycles. The summed E-state index contributed by atoms with van der Waals surface area (Å²) in [6.45, 7) is 4.53. The van der Waals surface area contributed by atoms with Crippen molar-refractivity contribution in [1.29, 1.82) is 0 Å². The summed E-state index contributed by atoms with van der Waals surface area (Å²) in [5, 5.41) is -0.335. The maximum Gasteiger partial charge on any atom is 0.216 e. The van der Waals surface area contributed by atoms with E-state index in [1.54, 1.807) is 13.8 Å². The van der Waals surface area contributed by atoms with Gasteiger partial charge in [-0.2, -0.15) is 0 Å². The smallest absolute Gasteiger partial charge is 0.216 e. The monoisotopic (exact) mass is 206 g/mol. The second-order valence-corrected chi connectivity index (χ2v) is 6.34. The Morgan fingerprint density at radius 2 is 2.08 bits per heavy atom. The summed E-state index contributed by atoms with van der Waals surface area (Å²) in [7, 11) is -3.08. The first-order valence-corrected chi connectivity index (χ1v) is 6.19. The quantitative estimate of drug-likeness (QED) is 0.699. The van der Waals surface area contributed by atoms with Crippen LogP contribution in [0.25, 0.3) is 0 Å². The highest BCUT2D eigenvalue weighted by Crippen LogP contribution is 2.15. The highest BCUT2D eigenvalue weighted by molar-refractivity contribution is 7.89. The standard InChI is InChI=1S/C8H18N2O2S/c1-7(2)13(11,12)10-5-3-4-8(9)6-10/h7-8H,3-6,9H2,1-2H3/t8-/m1/s1. The summed E-state index contributed by atoms with van der Waals surface area (Å²) < 4.78 is 24.9. The normalized spacial score (nSPS) is 26.6. The lowest BCUT2D eigenvalue weighted by molar-refractivity contribution is 0.314. The minimum atomic E-state index is -3.08. The molecule has 0 amide bonds. The van der Waals surface area contributed by atoms with Crippen LogP contribution in [0.3, 0.4) is 0 Å². The Morgan fingerprint density at radius 3 is 2.54 bits per heavy atom. The molecule has 0 saturated carbocycles. The first kappa shape index (κ1) is 10.9. The Labute approximate surface area is 80.1 Å². The number of nitrogens with two attached hydrogens (primary N) is 1. The molecule has 4 nitrogen and oxygen atoms in total. The molecule has 1 aliphatic heterocycles. The van der Waals surface area contributed by atoms with Gasteiger partial charge >= 0.3 is 0 Å². The van der Waals surface area contributed by atoms with E-state index in [2.05, 4.69) is 0 Å². The van der Waals surface area contributed by atoms with Crippen LogP contribution in [0.2, 0.25) is 0 Å². The molecule has 0 spiro atoms. The van der Waals surface area contributed by atoms with E-state index in [1.807, 2.05) is 0 Å². The molecule has 2 N–H and O–H groups in total. The Kier molecular flexibility index (Phi) is 3.32. The lowest BCUT2D eigenvalue weighted by Gasteiger charge is -2.31. The minimum absolute atomic E-state index is 0.0160. The number of hydrogen-bond acceptors (Lipinski definition) is 3. The summed E-state index contributed by atoms with van der Waals surface area (Å²) in [6, 6.07) is 0.0160. The van der Waals surface area contributed by atoms with Gasteiger partial charge in [0.05, 0.1) is 5.25 Å². The third-order valence-corrected chi connectivity index (χ3v) is 4.62. The third-order valence-electron chi connectivity index (χ3n) is 2.38. The van der Waals surface area contributed by atoms with Gasteiger partial charge in [0, 0.05) is 19.1 Å². The number of rotatable bonds is 2. The van der Waals surface area contributed by atoms with Crippen LogP contribution < -0.4 is 5.73 Å². The highest BCUT2D eigenvalue weighted by Gasteiger charge is 2.29. The molecule has 1 saturated heterocycles. The molecular weight excluding hydrogens is 188 g/mol. The average Bonchev–Trinajstić information content (AvgIpc) is 2.04. The Bertz CT molecular complexity index is 261. The van der Waals surface area contributed by atoms with E-state index >= 15 is 0 Å². The molecule has 1 heterocycles. The van der Waals surface area contributed by atoms with E-state index in [0.717, 1.165) is 12.8 Å². The number of nitrogens with zero attached hydrogens (tertiary/aromatic N) is 1. The van der Waals surface area contributed by atoms with Crippen molar-refractivity contribution in [2.75, 3.05) is 13.1 Å². The first-order chi connectivity index (χ1) is 5.94. The van der Waals surface area contributed by atoms with Crippen LogP contribution in [0.4, 0.5) is 0 Å². The van der Waals surface area contributed by atoms with Gasteiger partial charge in [-0.15, -0.1) is 0 Å². The van der Waals surface area contributed by atoms with Crippen molar-refractivity contribution in [3.63, 3.8) is 0 Å². The molecule has 0 radical (unpaired) electrons. The molecule has 1 aliphatic rings. The maximum atomic E-state index is 11.7. The molecule has 5 heteroatoms. The molecule has 0 aliphatic carbocycles. The lowest BCUT2D eigenvalue weighted by atomic mass is 10.1. The fraction of sp³-hybridized carbons (Fsp3) is 1.00. The van der Waals surface area contributed by atoms with Gasteiger partial charge in [-0.1, -0.05) is 0 Å². The van der Waals surface area contributed by atoms with E-state index in [1.165, 1.54) is 4.31 Å². The fourth-order valence-corrected chi connectivity index (χ4v) is 2.88. The topological polar surface area (TPSA) is 63.4 Å². The molecule has 13 heavy (non-hydrogen) atoms. The SMILES string of the molecule is CC(C)S(=O)(=O)N1CCC[C@@H](N)C1. The van der Waals surface area contributed by atoms with E-state index in [-0.39, 0.29) is 11.3 Å². The van der Waals surface area contributed by atoms with Gasteiger partial charge < -0.3 is 5.73 Å². The van der Waals surface area contributed by atoms with Crippen LogP contribution in [0.15, 0.2) is 0 Å². The van der Waals surface area contributed by atoms with Gasteiger partial charge in [-0.25, -0.2) is 12.7 Å². The second-order valence-electron chi connectivity index (χ2n) is 3.85. The Morgan fingerprint density at radius 1 is 1.46 bits per heavy atom. The van der Waals surface area contributed by atoms with E-state index in [4.69, 9.17) is 5.73 Å². The molecule has 1 atom stereocenters. The minimum Gasteiger partial charge on any atom is -0.327 e. The summed E-state index contributed by atoms with van der Waals surface area (Å²) in [5.41, 5.74) is 5.72. The third kappa shape index (κ3) is 2.42. The van der Waals surface area contributed by atoms with Crippen molar-refractivity contribution in [3.05, 3.63) is 0 Å². The van der Waals surface area contributed by atoms with E-state index < -0.39 is 10.0 Å². The van der Waals surface area contributed by atoms with Crippen molar-refractivity contribution in [2.24, 2.45) is 5.73 Å². The summed E-state index contributed by atoms with van der Waals surface area (Å²) in [4.78, 5) is 0. The first-order valence-electron chi connectivity index (χ1n) is 4.69. The Balaban J connectivity index is 2.71. The van der Waals surface area contributed by atoms with Gasteiger partial charge in [0.15, 0.2) is 0 Å². The van der Waals surface area contributed by atoms with Crippen LogP contribution in [0.5, 0.6) is 0 Å². The van der Waals surface area contributed by atoms with E-state index in [9.17, 15) is 8.42 Å². The molecule has 1 fully saturated rings. The highest BCUT2D eigenvalue weighted by atomic mass is 32.2. The van der Waals surface area contributed by atoms with Gasteiger partial charge in [0.2, 0.25) is 10.0 Å². The fourth-order valence-electron chi connectivity index (χ4n) is 1.50. The van der Waals surface area contributed by atoms with Gasteiger partial charge in [-0.3, -0.25) is 0 Å². The lowest BCUT2D eigenvalue weighted by Crippen LogP contribution is -2.47. The van der Waals surface area contributed by atoms with Crippen molar-refractivity contribution in [1.82, 2.24) is 4.31 Å². The summed E-state index contributed by atoms with van der Waals surface area (Å²) in [6.07, 6.45) is 1.82. The molecule has 0 aromatic carbocycles. The number of hydrogen-bond donors (Lipinski definition) is 1.